The number of nitrogens with one attached hydrogen (secondary N) is 1. The van der Waals surface area contributed by atoms with E-state index in [0.29, 0.717) is 10.6 Å². The van der Waals surface area contributed by atoms with Gasteiger partial charge >= 0.3 is 0 Å². The molecule has 1 N–H and O–H groups in total. The molecule has 1 heterocycles. The lowest BCUT2D eigenvalue weighted by Crippen LogP contribution is -2.17. The van der Waals surface area contributed by atoms with E-state index in [9.17, 15) is 4.79 Å². The molecular formula is C13H13ClN4O. The smallest absolute Gasteiger partial charge is 0.271 e. The summed E-state index contributed by atoms with van der Waals surface area (Å²) in [6, 6.07) is 6.60. The van der Waals surface area contributed by atoms with Crippen LogP contribution in [0.3, 0.4) is 0 Å². The summed E-state index contributed by atoms with van der Waals surface area (Å²) in [4.78, 5) is 11.7. The summed E-state index contributed by atoms with van der Waals surface area (Å²) in [5.74, 6) is -0.282. The Morgan fingerprint density at radius 1 is 1.47 bits per heavy atom. The van der Waals surface area contributed by atoms with Gasteiger partial charge in [0.2, 0.25) is 0 Å². The van der Waals surface area contributed by atoms with Crippen molar-refractivity contribution in [2.75, 3.05) is 0 Å². The fourth-order valence-corrected chi connectivity index (χ4v) is 1.58. The largest absolute Gasteiger partial charge is 0.272 e. The molecule has 0 unspecified atom stereocenters. The van der Waals surface area contributed by atoms with Gasteiger partial charge in [-0.15, -0.1) is 0 Å². The highest BCUT2D eigenvalue weighted by Crippen LogP contribution is 2.09. The van der Waals surface area contributed by atoms with Gasteiger partial charge in [0, 0.05) is 28.9 Å². The Balaban J connectivity index is 1.94. The van der Waals surface area contributed by atoms with Crippen molar-refractivity contribution in [2.45, 2.75) is 13.5 Å². The standard InChI is InChI=1S/C13H13ClN4O/c1-2-18-9-10(8-16-18)7-15-17-13(19)11-3-5-12(14)6-4-11/h3-9H,2H2,1H3,(H,17,19). The lowest BCUT2D eigenvalue weighted by molar-refractivity contribution is 0.0955. The minimum atomic E-state index is -0.282. The zero-order valence-electron chi connectivity index (χ0n) is 10.4. The molecule has 0 bridgehead atoms. The number of carbonyl (C=O) groups excluding carboxylic acids is 1. The second-order valence-electron chi connectivity index (χ2n) is 3.84. The average Bonchev–Trinajstić information content (AvgIpc) is 2.87. The number of halogens is 1. The van der Waals surface area contributed by atoms with Crippen LogP contribution in [0.1, 0.15) is 22.8 Å². The van der Waals surface area contributed by atoms with Gasteiger partial charge < -0.3 is 0 Å². The van der Waals surface area contributed by atoms with E-state index in [1.54, 1.807) is 41.4 Å². The normalized spacial score (nSPS) is 10.8. The predicted octanol–water partition coefficient (Wildman–Crippen LogP) is 2.32. The van der Waals surface area contributed by atoms with E-state index >= 15 is 0 Å². The summed E-state index contributed by atoms with van der Waals surface area (Å²) in [6.07, 6.45) is 5.08. The highest BCUT2D eigenvalue weighted by atomic mass is 35.5. The summed E-state index contributed by atoms with van der Waals surface area (Å²) in [7, 11) is 0. The van der Waals surface area contributed by atoms with Gasteiger partial charge in [0.15, 0.2) is 0 Å². The SMILES string of the molecule is CCn1cc(C=NNC(=O)c2ccc(Cl)cc2)cn1. The van der Waals surface area contributed by atoms with Crippen molar-refractivity contribution >= 4 is 23.7 Å². The Morgan fingerprint density at radius 3 is 2.84 bits per heavy atom. The Morgan fingerprint density at radius 2 is 2.21 bits per heavy atom. The number of hydrogen-bond acceptors (Lipinski definition) is 3. The molecule has 0 aliphatic rings. The molecule has 0 radical (unpaired) electrons. The molecule has 19 heavy (non-hydrogen) atoms. The molecule has 0 spiro atoms. The average molecular weight is 277 g/mol. The third kappa shape index (κ3) is 3.66. The van der Waals surface area contributed by atoms with Crippen LogP contribution in [0.25, 0.3) is 0 Å². The topological polar surface area (TPSA) is 59.3 Å². The van der Waals surface area contributed by atoms with E-state index in [2.05, 4.69) is 15.6 Å². The van der Waals surface area contributed by atoms with Crippen molar-refractivity contribution < 1.29 is 4.79 Å². The molecule has 2 aromatic rings. The van der Waals surface area contributed by atoms with E-state index in [1.807, 2.05) is 13.1 Å². The summed E-state index contributed by atoms with van der Waals surface area (Å²) in [5.41, 5.74) is 3.78. The van der Waals surface area contributed by atoms with Gasteiger partial charge in [-0.2, -0.15) is 10.2 Å². The lowest BCUT2D eigenvalue weighted by Gasteiger charge is -1.99. The van der Waals surface area contributed by atoms with E-state index in [4.69, 9.17) is 11.6 Å². The van der Waals surface area contributed by atoms with E-state index in [-0.39, 0.29) is 5.91 Å². The molecule has 0 saturated heterocycles. The first-order valence-electron chi connectivity index (χ1n) is 5.80. The van der Waals surface area contributed by atoms with Crippen molar-refractivity contribution in [2.24, 2.45) is 5.10 Å². The van der Waals surface area contributed by atoms with Crippen LogP contribution in [0.4, 0.5) is 0 Å². The molecule has 1 aromatic heterocycles. The molecule has 0 aliphatic carbocycles. The molecule has 5 nitrogen and oxygen atoms in total. The number of carbonyl (C=O) groups is 1. The van der Waals surface area contributed by atoms with Crippen molar-refractivity contribution in [3.8, 4) is 0 Å². The highest BCUT2D eigenvalue weighted by Gasteiger charge is 2.03. The van der Waals surface area contributed by atoms with Crippen LogP contribution in [0.2, 0.25) is 5.02 Å². The first kappa shape index (κ1) is 13.3. The van der Waals surface area contributed by atoms with Gasteiger partial charge in [-0.25, -0.2) is 5.43 Å². The first-order valence-corrected chi connectivity index (χ1v) is 6.18. The Hall–Kier alpha value is -2.14. The molecule has 1 amide bonds. The van der Waals surface area contributed by atoms with Crippen LogP contribution in [0, 0.1) is 0 Å². The Kier molecular flexibility index (Phi) is 4.30. The van der Waals surface area contributed by atoms with Crippen LogP contribution >= 0.6 is 11.6 Å². The van der Waals surface area contributed by atoms with Crippen LogP contribution in [-0.2, 0) is 6.54 Å². The number of amides is 1. The van der Waals surface area contributed by atoms with Crippen molar-refractivity contribution in [1.29, 1.82) is 0 Å². The maximum Gasteiger partial charge on any atom is 0.271 e. The quantitative estimate of drug-likeness (QED) is 0.688. The summed E-state index contributed by atoms with van der Waals surface area (Å²) < 4.78 is 1.78. The maximum atomic E-state index is 11.7. The lowest BCUT2D eigenvalue weighted by atomic mass is 10.2. The van der Waals surface area contributed by atoms with Gasteiger partial charge in [-0.05, 0) is 31.2 Å². The maximum absolute atomic E-state index is 11.7. The number of aromatic nitrogens is 2. The van der Waals surface area contributed by atoms with Crippen molar-refractivity contribution in [3.05, 3.63) is 52.8 Å². The number of aryl methyl sites for hydroxylation is 1. The molecule has 2 rings (SSSR count). The Bertz CT molecular complexity index is 589. The number of rotatable bonds is 4. The second-order valence-corrected chi connectivity index (χ2v) is 4.27. The summed E-state index contributed by atoms with van der Waals surface area (Å²) in [6.45, 7) is 2.79. The molecule has 0 atom stereocenters. The molecular weight excluding hydrogens is 264 g/mol. The van der Waals surface area contributed by atoms with Crippen molar-refractivity contribution in [1.82, 2.24) is 15.2 Å². The third-order valence-corrected chi connectivity index (χ3v) is 2.72. The monoisotopic (exact) mass is 276 g/mol. The van der Waals surface area contributed by atoms with Gasteiger partial charge in [0.05, 0.1) is 12.4 Å². The molecule has 98 valence electrons. The molecule has 0 fully saturated rings. The number of hydrazone groups is 1. The molecule has 6 heteroatoms. The minimum Gasteiger partial charge on any atom is -0.272 e. The van der Waals surface area contributed by atoms with E-state index in [0.717, 1.165) is 12.1 Å². The van der Waals surface area contributed by atoms with Gasteiger partial charge in [0.1, 0.15) is 0 Å². The second kappa shape index (κ2) is 6.15. The van der Waals surface area contributed by atoms with Crippen LogP contribution in [-0.4, -0.2) is 21.9 Å². The van der Waals surface area contributed by atoms with E-state index < -0.39 is 0 Å². The minimum absolute atomic E-state index is 0.282. The Labute approximate surface area is 115 Å². The van der Waals surface area contributed by atoms with E-state index in [1.165, 1.54) is 0 Å². The zero-order chi connectivity index (χ0) is 13.7. The summed E-state index contributed by atoms with van der Waals surface area (Å²) >= 11 is 5.75. The summed E-state index contributed by atoms with van der Waals surface area (Å²) in [5, 5.41) is 8.57. The zero-order valence-corrected chi connectivity index (χ0v) is 11.1. The van der Waals surface area contributed by atoms with Crippen molar-refractivity contribution in [3.63, 3.8) is 0 Å². The number of nitrogens with zero attached hydrogens (tertiary/aromatic N) is 3. The molecule has 1 aromatic carbocycles. The van der Waals surface area contributed by atoms with Gasteiger partial charge in [0.25, 0.3) is 5.91 Å². The van der Waals surface area contributed by atoms with Crippen LogP contribution < -0.4 is 5.43 Å². The van der Waals surface area contributed by atoms with Crippen LogP contribution in [0.5, 0.6) is 0 Å². The highest BCUT2D eigenvalue weighted by molar-refractivity contribution is 6.30. The number of benzene rings is 1. The fourth-order valence-electron chi connectivity index (χ4n) is 1.45. The fraction of sp³-hybridized carbons (Fsp3) is 0.154. The predicted molar refractivity (Wildman–Crippen MR) is 74.4 cm³/mol. The molecule has 0 saturated carbocycles. The molecule has 0 aliphatic heterocycles. The first-order chi connectivity index (χ1) is 9.19. The third-order valence-electron chi connectivity index (χ3n) is 2.46. The number of hydrogen-bond donors (Lipinski definition) is 1. The van der Waals surface area contributed by atoms with Crippen LogP contribution in [0.15, 0.2) is 41.8 Å². The van der Waals surface area contributed by atoms with Gasteiger partial charge in [-0.3, -0.25) is 9.48 Å². The van der Waals surface area contributed by atoms with Gasteiger partial charge in [-0.1, -0.05) is 11.6 Å².